The molecule has 1 aromatic heterocycles. The average Bonchev–Trinajstić information content (AvgIpc) is 3.36. The van der Waals surface area contributed by atoms with Gasteiger partial charge < -0.3 is 5.32 Å². The summed E-state index contributed by atoms with van der Waals surface area (Å²) in [6.07, 6.45) is 4.18. The van der Waals surface area contributed by atoms with Gasteiger partial charge in [-0.15, -0.1) is 0 Å². The Morgan fingerprint density at radius 1 is 0.941 bits per heavy atom. The Morgan fingerprint density at radius 3 is 2.41 bits per heavy atom. The molecule has 0 fully saturated rings. The third-order valence-electron chi connectivity index (χ3n) is 5.57. The lowest BCUT2D eigenvalue weighted by molar-refractivity contribution is 0.0947. The average molecular weight is 474 g/mol. The van der Waals surface area contributed by atoms with Crippen molar-refractivity contribution in [3.8, 4) is 11.1 Å². The summed E-state index contributed by atoms with van der Waals surface area (Å²) < 4.78 is 27.1. The minimum absolute atomic E-state index is 0.0104. The molecule has 0 spiro atoms. The van der Waals surface area contributed by atoms with Gasteiger partial charge in [-0.25, -0.2) is 8.42 Å². The van der Waals surface area contributed by atoms with E-state index in [1.165, 1.54) is 6.07 Å². The Hall–Kier alpha value is -3.71. The summed E-state index contributed by atoms with van der Waals surface area (Å²) in [6.45, 7) is 2.79. The number of nitrogens with one attached hydrogen (secondary N) is 1. The monoisotopic (exact) mass is 473 g/mol. The fourth-order valence-corrected chi connectivity index (χ4v) is 5.44. The Morgan fingerprint density at radius 2 is 1.68 bits per heavy atom. The lowest BCUT2D eigenvalue weighted by Gasteiger charge is -2.13. The third kappa shape index (κ3) is 5.43. The molecule has 0 atom stereocenters. The highest BCUT2D eigenvalue weighted by atomic mass is 32.2. The number of hydrogen-bond donors (Lipinski definition) is 1. The second kappa shape index (κ2) is 10.5. The quantitative estimate of drug-likeness (QED) is 0.382. The first-order valence-electron chi connectivity index (χ1n) is 11.2. The van der Waals surface area contributed by atoms with E-state index in [9.17, 15) is 13.2 Å². The molecule has 1 heterocycles. The van der Waals surface area contributed by atoms with Crippen molar-refractivity contribution in [1.29, 1.82) is 0 Å². The smallest absolute Gasteiger partial charge is 0.252 e. The Balaban J connectivity index is 1.51. The number of carbonyl (C=O) groups excluding carboxylic acids is 1. The molecule has 1 N–H and O–H groups in total. The Kier molecular flexibility index (Phi) is 7.23. The van der Waals surface area contributed by atoms with Gasteiger partial charge in [0.1, 0.15) is 0 Å². The molecular formula is C27H27N3O3S. The van der Waals surface area contributed by atoms with Gasteiger partial charge in [0.25, 0.3) is 5.91 Å². The maximum Gasteiger partial charge on any atom is 0.252 e. The number of hydrogen-bond acceptors (Lipinski definition) is 4. The van der Waals surface area contributed by atoms with Crippen LogP contribution in [0.25, 0.3) is 11.1 Å². The van der Waals surface area contributed by atoms with Gasteiger partial charge in [0.2, 0.25) is 0 Å². The largest absolute Gasteiger partial charge is 0.348 e. The lowest BCUT2D eigenvalue weighted by Crippen LogP contribution is -2.25. The normalized spacial score (nSPS) is 11.3. The summed E-state index contributed by atoms with van der Waals surface area (Å²) in [5.41, 5.74) is 4.32. The first-order chi connectivity index (χ1) is 16.5. The molecule has 0 saturated heterocycles. The summed E-state index contributed by atoms with van der Waals surface area (Å²) in [5.74, 6) is -0.393. The topological polar surface area (TPSA) is 81.1 Å². The van der Waals surface area contributed by atoms with E-state index >= 15 is 0 Å². The summed E-state index contributed by atoms with van der Waals surface area (Å²) in [7, 11) is -3.51. The van der Waals surface area contributed by atoms with Crippen molar-refractivity contribution in [2.75, 3.05) is 5.75 Å². The molecule has 0 bridgehead atoms. The van der Waals surface area contributed by atoms with E-state index in [0.29, 0.717) is 13.0 Å². The van der Waals surface area contributed by atoms with Gasteiger partial charge in [0.15, 0.2) is 9.84 Å². The maximum atomic E-state index is 12.9. The number of rotatable bonds is 9. The summed E-state index contributed by atoms with van der Waals surface area (Å²) in [5, 5.41) is 7.15. The van der Waals surface area contributed by atoms with Gasteiger partial charge in [-0.2, -0.15) is 5.10 Å². The Bertz CT molecular complexity index is 1360. The number of carbonyl (C=O) groups is 1. The Labute approximate surface area is 200 Å². The SMILES string of the molecule is CCCS(=O)(=O)c1ccccc1C(=O)NCc1ccccc1-c1ccc(Cn2cccn2)cc1. The van der Waals surface area contributed by atoms with Crippen LogP contribution in [0.15, 0.2) is 96.2 Å². The highest BCUT2D eigenvalue weighted by Crippen LogP contribution is 2.25. The van der Waals surface area contributed by atoms with E-state index in [2.05, 4.69) is 34.7 Å². The fraction of sp³-hybridized carbons (Fsp3) is 0.185. The van der Waals surface area contributed by atoms with Crippen LogP contribution in [0.2, 0.25) is 0 Å². The van der Waals surface area contributed by atoms with Crippen molar-refractivity contribution in [3.63, 3.8) is 0 Å². The molecular weight excluding hydrogens is 446 g/mol. The minimum Gasteiger partial charge on any atom is -0.348 e. The molecule has 0 aliphatic rings. The molecule has 0 unspecified atom stereocenters. The highest BCUT2D eigenvalue weighted by molar-refractivity contribution is 7.91. The van der Waals surface area contributed by atoms with Crippen LogP contribution in [0.3, 0.4) is 0 Å². The van der Waals surface area contributed by atoms with Crippen LogP contribution in [0.1, 0.15) is 34.8 Å². The van der Waals surface area contributed by atoms with Crippen LogP contribution in [0, 0.1) is 0 Å². The predicted molar refractivity (Wildman–Crippen MR) is 133 cm³/mol. The van der Waals surface area contributed by atoms with E-state index in [0.717, 1.165) is 22.3 Å². The van der Waals surface area contributed by atoms with Gasteiger partial charge in [-0.3, -0.25) is 9.48 Å². The van der Waals surface area contributed by atoms with Crippen molar-refractivity contribution in [3.05, 3.63) is 108 Å². The molecule has 0 aliphatic heterocycles. The number of amides is 1. The van der Waals surface area contributed by atoms with Gasteiger partial charge in [-0.1, -0.05) is 67.6 Å². The second-order valence-corrected chi connectivity index (χ2v) is 10.1. The van der Waals surface area contributed by atoms with Gasteiger partial charge >= 0.3 is 0 Å². The van der Waals surface area contributed by atoms with Gasteiger partial charge in [0, 0.05) is 18.9 Å². The van der Waals surface area contributed by atoms with Crippen molar-refractivity contribution < 1.29 is 13.2 Å². The van der Waals surface area contributed by atoms with Crippen LogP contribution in [0.5, 0.6) is 0 Å². The van der Waals surface area contributed by atoms with Crippen LogP contribution < -0.4 is 5.32 Å². The molecule has 3 aromatic carbocycles. The van der Waals surface area contributed by atoms with E-state index in [1.54, 1.807) is 31.3 Å². The maximum absolute atomic E-state index is 12.9. The molecule has 34 heavy (non-hydrogen) atoms. The van der Waals surface area contributed by atoms with Crippen molar-refractivity contribution in [2.45, 2.75) is 31.3 Å². The van der Waals surface area contributed by atoms with Gasteiger partial charge in [-0.05, 0) is 46.9 Å². The molecule has 1 amide bonds. The summed E-state index contributed by atoms with van der Waals surface area (Å²) in [4.78, 5) is 13.0. The van der Waals surface area contributed by atoms with E-state index in [4.69, 9.17) is 0 Å². The number of benzene rings is 3. The molecule has 0 aliphatic carbocycles. The zero-order valence-electron chi connectivity index (χ0n) is 19.0. The number of nitrogens with zero attached hydrogens (tertiary/aromatic N) is 2. The predicted octanol–water partition coefficient (Wildman–Crippen LogP) is 4.71. The zero-order chi connectivity index (χ0) is 24.0. The van der Waals surface area contributed by atoms with E-state index in [1.807, 2.05) is 41.2 Å². The van der Waals surface area contributed by atoms with Crippen molar-refractivity contribution >= 4 is 15.7 Å². The second-order valence-electron chi connectivity index (χ2n) is 8.06. The van der Waals surface area contributed by atoms with E-state index < -0.39 is 15.7 Å². The number of aromatic nitrogens is 2. The molecule has 174 valence electrons. The summed E-state index contributed by atoms with van der Waals surface area (Å²) >= 11 is 0. The van der Waals surface area contributed by atoms with Gasteiger partial charge in [0.05, 0.1) is 22.8 Å². The zero-order valence-corrected chi connectivity index (χ0v) is 19.8. The minimum atomic E-state index is -3.51. The van der Waals surface area contributed by atoms with Crippen LogP contribution in [-0.2, 0) is 22.9 Å². The van der Waals surface area contributed by atoms with Crippen molar-refractivity contribution in [1.82, 2.24) is 15.1 Å². The first-order valence-corrected chi connectivity index (χ1v) is 12.9. The third-order valence-corrected chi connectivity index (χ3v) is 7.54. The first kappa shape index (κ1) is 23.4. The molecule has 4 aromatic rings. The van der Waals surface area contributed by atoms with E-state index in [-0.39, 0.29) is 22.8 Å². The standard InChI is InChI=1S/C27H27N3O3S/c1-2-18-34(32,33)26-11-6-5-10-25(26)27(31)28-19-23-8-3-4-9-24(23)22-14-12-21(13-15-22)20-30-17-7-16-29-30/h3-17H,2,18-20H2,1H3,(H,28,31). The van der Waals surface area contributed by atoms with Crippen molar-refractivity contribution in [2.24, 2.45) is 0 Å². The van der Waals surface area contributed by atoms with Crippen LogP contribution >= 0.6 is 0 Å². The molecule has 4 rings (SSSR count). The number of sulfone groups is 1. The highest BCUT2D eigenvalue weighted by Gasteiger charge is 2.21. The summed E-state index contributed by atoms with van der Waals surface area (Å²) in [6, 6.07) is 24.4. The molecule has 0 radical (unpaired) electrons. The lowest BCUT2D eigenvalue weighted by atomic mass is 9.98. The van der Waals surface area contributed by atoms with Crippen LogP contribution in [0.4, 0.5) is 0 Å². The molecule has 0 saturated carbocycles. The fourth-order valence-electron chi connectivity index (χ4n) is 3.90. The molecule has 6 nitrogen and oxygen atoms in total. The van der Waals surface area contributed by atoms with Crippen LogP contribution in [-0.4, -0.2) is 29.9 Å². The molecule has 7 heteroatoms.